The number of carbonyl (C=O) groups excluding carboxylic acids is 2. The smallest absolute Gasteiger partial charge is 0.229 e. The molecule has 0 spiro atoms. The number of aromatic amines is 1. The van der Waals surface area contributed by atoms with Gasteiger partial charge in [0.2, 0.25) is 11.8 Å². The number of nitrogens with one attached hydrogen (secondary N) is 3. The fourth-order valence-electron chi connectivity index (χ4n) is 2.99. The van der Waals surface area contributed by atoms with Gasteiger partial charge in [0, 0.05) is 23.4 Å². The van der Waals surface area contributed by atoms with Gasteiger partial charge in [-0.25, -0.2) is 8.78 Å². The first-order valence-electron chi connectivity index (χ1n) is 8.20. The van der Waals surface area contributed by atoms with Gasteiger partial charge in [-0.2, -0.15) is 5.10 Å². The third-order valence-corrected chi connectivity index (χ3v) is 4.18. The molecule has 6 nitrogen and oxygen atoms in total. The van der Waals surface area contributed by atoms with Gasteiger partial charge in [0.05, 0.1) is 18.5 Å². The third kappa shape index (κ3) is 3.69. The molecule has 1 aliphatic heterocycles. The minimum absolute atomic E-state index is 0.0653. The maximum atomic E-state index is 13.3. The highest BCUT2D eigenvalue weighted by Gasteiger charge is 2.18. The summed E-state index contributed by atoms with van der Waals surface area (Å²) < 4.78 is 26.6. The zero-order valence-corrected chi connectivity index (χ0v) is 14.0. The quantitative estimate of drug-likeness (QED) is 0.662. The van der Waals surface area contributed by atoms with Gasteiger partial charge in [-0.1, -0.05) is 12.1 Å². The lowest BCUT2D eigenvalue weighted by Crippen LogP contribution is -2.14. The fraction of sp³-hybridized carbons (Fsp3) is 0.105. The lowest BCUT2D eigenvalue weighted by molar-refractivity contribution is -0.116. The van der Waals surface area contributed by atoms with E-state index in [4.69, 9.17) is 0 Å². The van der Waals surface area contributed by atoms with Crippen LogP contribution in [-0.4, -0.2) is 22.0 Å². The number of fused-ring (bicyclic) bond motifs is 1. The average Bonchev–Trinajstić information content (AvgIpc) is 3.19. The van der Waals surface area contributed by atoms with Crippen LogP contribution in [0.25, 0.3) is 11.3 Å². The number of benzene rings is 2. The van der Waals surface area contributed by atoms with Gasteiger partial charge in [-0.05, 0) is 29.3 Å². The van der Waals surface area contributed by atoms with Crippen LogP contribution < -0.4 is 10.6 Å². The van der Waals surface area contributed by atoms with Crippen LogP contribution in [-0.2, 0) is 22.4 Å². The molecule has 0 fully saturated rings. The molecule has 3 N–H and O–H groups in total. The van der Waals surface area contributed by atoms with Crippen molar-refractivity contribution in [1.29, 1.82) is 0 Å². The molecular weight excluding hydrogens is 354 g/mol. The Morgan fingerprint density at radius 3 is 2.67 bits per heavy atom. The lowest BCUT2D eigenvalue weighted by Gasteiger charge is -2.05. The molecule has 0 aliphatic carbocycles. The number of halogens is 2. The minimum atomic E-state index is -0.700. The summed E-state index contributed by atoms with van der Waals surface area (Å²) in [6.45, 7) is 0. The van der Waals surface area contributed by atoms with Gasteiger partial charge in [-0.3, -0.25) is 14.7 Å². The Morgan fingerprint density at radius 2 is 1.89 bits per heavy atom. The monoisotopic (exact) mass is 368 g/mol. The zero-order valence-electron chi connectivity index (χ0n) is 14.0. The van der Waals surface area contributed by atoms with E-state index in [0.717, 1.165) is 22.9 Å². The highest BCUT2D eigenvalue weighted by molar-refractivity contribution is 5.99. The molecule has 0 atom stereocenters. The van der Waals surface area contributed by atoms with Crippen LogP contribution in [0.5, 0.6) is 0 Å². The molecule has 8 heteroatoms. The average molecular weight is 368 g/mol. The lowest BCUT2D eigenvalue weighted by atomic mass is 10.1. The van der Waals surface area contributed by atoms with Crippen molar-refractivity contribution < 1.29 is 18.4 Å². The number of H-pyrrole nitrogens is 1. The zero-order chi connectivity index (χ0) is 19.0. The number of aromatic nitrogens is 2. The molecular formula is C19H14F2N4O2. The van der Waals surface area contributed by atoms with Crippen molar-refractivity contribution in [3.63, 3.8) is 0 Å². The van der Waals surface area contributed by atoms with Crippen molar-refractivity contribution in [2.75, 3.05) is 10.6 Å². The normalized spacial score (nSPS) is 12.6. The molecule has 2 aromatic carbocycles. The van der Waals surface area contributed by atoms with Gasteiger partial charge in [0.25, 0.3) is 0 Å². The Labute approximate surface area is 152 Å². The molecule has 27 heavy (non-hydrogen) atoms. The number of rotatable bonds is 4. The Balaban J connectivity index is 1.44. The highest BCUT2D eigenvalue weighted by Crippen LogP contribution is 2.25. The first kappa shape index (κ1) is 16.9. The van der Waals surface area contributed by atoms with Crippen LogP contribution in [0, 0.1) is 11.6 Å². The summed E-state index contributed by atoms with van der Waals surface area (Å²) in [5, 5.41) is 12.0. The molecule has 0 saturated heterocycles. The first-order chi connectivity index (χ1) is 13.0. The number of amides is 2. The molecule has 3 aromatic rings. The number of hydrogen-bond donors (Lipinski definition) is 3. The first-order valence-corrected chi connectivity index (χ1v) is 8.20. The summed E-state index contributed by atoms with van der Waals surface area (Å²) in [5.41, 5.74) is 3.04. The van der Waals surface area contributed by atoms with Crippen LogP contribution in [0.1, 0.15) is 11.1 Å². The molecule has 2 amide bonds. The van der Waals surface area contributed by atoms with Crippen LogP contribution in [0.2, 0.25) is 0 Å². The van der Waals surface area contributed by atoms with Gasteiger partial charge >= 0.3 is 0 Å². The number of nitrogens with zero attached hydrogens (tertiary/aromatic N) is 1. The third-order valence-electron chi connectivity index (χ3n) is 4.18. The Morgan fingerprint density at radius 1 is 1.11 bits per heavy atom. The number of hydrogen-bond acceptors (Lipinski definition) is 3. The number of anilines is 2. The summed E-state index contributed by atoms with van der Waals surface area (Å²) in [6, 6.07) is 10.00. The molecule has 4 rings (SSSR count). The molecule has 0 radical (unpaired) electrons. The maximum Gasteiger partial charge on any atom is 0.229 e. The van der Waals surface area contributed by atoms with E-state index in [1.807, 2.05) is 6.07 Å². The Hall–Kier alpha value is -3.55. The number of carbonyl (C=O) groups is 2. The standard InChI is InChI=1S/C19H14F2N4O2/c20-13-5-12(6-14(21)8-13)16-9-17(25-24-16)23-18(26)4-10-1-2-11-7-19(27)22-15(11)3-10/h1-3,5-6,8-9H,4,7H2,(H,22,27)(H2,23,24,25,26). The van der Waals surface area contributed by atoms with Crippen molar-refractivity contribution in [2.45, 2.75) is 12.8 Å². The molecule has 0 bridgehead atoms. The van der Waals surface area contributed by atoms with E-state index >= 15 is 0 Å². The largest absolute Gasteiger partial charge is 0.326 e. The maximum absolute atomic E-state index is 13.3. The Bertz CT molecular complexity index is 1040. The summed E-state index contributed by atoms with van der Waals surface area (Å²) in [6.07, 6.45) is 0.443. The predicted molar refractivity (Wildman–Crippen MR) is 95.0 cm³/mol. The van der Waals surface area contributed by atoms with Crippen molar-refractivity contribution in [1.82, 2.24) is 10.2 Å². The van der Waals surface area contributed by atoms with E-state index in [2.05, 4.69) is 20.8 Å². The highest BCUT2D eigenvalue weighted by atomic mass is 19.1. The van der Waals surface area contributed by atoms with Crippen LogP contribution in [0.15, 0.2) is 42.5 Å². The van der Waals surface area contributed by atoms with Crippen LogP contribution >= 0.6 is 0 Å². The SMILES string of the molecule is O=C(Cc1ccc2c(c1)NC(=O)C2)Nc1cc(-c2cc(F)cc(F)c2)[nH]n1. The van der Waals surface area contributed by atoms with Crippen molar-refractivity contribution in [3.05, 3.63) is 65.2 Å². The second kappa shape index (κ2) is 6.64. The van der Waals surface area contributed by atoms with E-state index in [1.54, 1.807) is 12.1 Å². The molecule has 2 heterocycles. The van der Waals surface area contributed by atoms with E-state index in [0.29, 0.717) is 12.1 Å². The van der Waals surface area contributed by atoms with E-state index in [1.165, 1.54) is 18.2 Å². The van der Waals surface area contributed by atoms with Crippen molar-refractivity contribution in [2.24, 2.45) is 0 Å². The second-order valence-electron chi connectivity index (χ2n) is 6.27. The molecule has 1 aliphatic rings. The van der Waals surface area contributed by atoms with Crippen molar-refractivity contribution in [3.8, 4) is 11.3 Å². The van der Waals surface area contributed by atoms with Gasteiger partial charge in [-0.15, -0.1) is 0 Å². The van der Waals surface area contributed by atoms with Gasteiger partial charge in [0.1, 0.15) is 11.6 Å². The summed E-state index contributed by atoms with van der Waals surface area (Å²) in [4.78, 5) is 23.6. The van der Waals surface area contributed by atoms with Gasteiger partial charge in [0.15, 0.2) is 5.82 Å². The second-order valence-corrected chi connectivity index (χ2v) is 6.27. The van der Waals surface area contributed by atoms with Crippen LogP contribution in [0.4, 0.5) is 20.3 Å². The molecule has 0 unspecified atom stereocenters. The topological polar surface area (TPSA) is 86.9 Å². The molecule has 136 valence electrons. The molecule has 0 saturated carbocycles. The molecule has 1 aromatic heterocycles. The Kier molecular flexibility index (Phi) is 4.15. The van der Waals surface area contributed by atoms with Gasteiger partial charge < -0.3 is 10.6 Å². The predicted octanol–water partition coefficient (Wildman–Crippen LogP) is 3.03. The summed E-state index contributed by atoms with van der Waals surface area (Å²) >= 11 is 0. The van der Waals surface area contributed by atoms with E-state index < -0.39 is 11.6 Å². The summed E-state index contributed by atoms with van der Waals surface area (Å²) in [5.74, 6) is -1.52. The fourth-order valence-corrected chi connectivity index (χ4v) is 2.99. The van der Waals surface area contributed by atoms with E-state index in [-0.39, 0.29) is 29.6 Å². The minimum Gasteiger partial charge on any atom is -0.326 e. The van der Waals surface area contributed by atoms with Crippen molar-refractivity contribution >= 4 is 23.3 Å². The van der Waals surface area contributed by atoms with Crippen LogP contribution in [0.3, 0.4) is 0 Å². The summed E-state index contributed by atoms with van der Waals surface area (Å²) in [7, 11) is 0. The van der Waals surface area contributed by atoms with E-state index in [9.17, 15) is 18.4 Å².